The van der Waals surface area contributed by atoms with E-state index in [-0.39, 0.29) is 5.91 Å². The van der Waals surface area contributed by atoms with Gasteiger partial charge in [-0.25, -0.2) is 0 Å². The van der Waals surface area contributed by atoms with Crippen molar-refractivity contribution in [3.05, 3.63) is 71.4 Å². The maximum absolute atomic E-state index is 12.9. The molecule has 1 amide bonds. The van der Waals surface area contributed by atoms with Gasteiger partial charge in [0.25, 0.3) is 0 Å². The van der Waals surface area contributed by atoms with E-state index in [1.54, 1.807) is 0 Å². The molecule has 0 aliphatic carbocycles. The molecule has 0 radical (unpaired) electrons. The molecule has 1 aliphatic heterocycles. The van der Waals surface area contributed by atoms with Crippen molar-refractivity contribution in [3.63, 3.8) is 0 Å². The number of anilines is 1. The molecular formula is C21H22N4O. The summed E-state index contributed by atoms with van der Waals surface area (Å²) >= 11 is 0. The van der Waals surface area contributed by atoms with Crippen molar-refractivity contribution >= 4 is 11.7 Å². The molecule has 4 rings (SSSR count). The van der Waals surface area contributed by atoms with E-state index in [1.165, 1.54) is 5.56 Å². The van der Waals surface area contributed by atoms with Crippen LogP contribution in [0.3, 0.4) is 0 Å². The van der Waals surface area contributed by atoms with Crippen LogP contribution >= 0.6 is 0 Å². The van der Waals surface area contributed by atoms with Crippen LogP contribution < -0.4 is 10.6 Å². The molecule has 3 aromatic rings. The molecule has 1 aliphatic rings. The summed E-state index contributed by atoms with van der Waals surface area (Å²) in [5.74, 6) is 0.565. The smallest absolute Gasteiger partial charge is 0.235 e. The van der Waals surface area contributed by atoms with Crippen molar-refractivity contribution in [1.82, 2.24) is 15.5 Å². The van der Waals surface area contributed by atoms with E-state index < -0.39 is 5.41 Å². The zero-order valence-corrected chi connectivity index (χ0v) is 15.0. The van der Waals surface area contributed by atoms with Gasteiger partial charge in [-0.3, -0.25) is 9.89 Å². The van der Waals surface area contributed by atoms with Crippen molar-refractivity contribution in [2.75, 3.05) is 5.32 Å². The highest BCUT2D eigenvalue weighted by molar-refractivity contribution is 5.98. The molecule has 132 valence electrons. The van der Waals surface area contributed by atoms with Crippen molar-refractivity contribution in [1.29, 1.82) is 0 Å². The molecule has 0 unspecified atom stereocenters. The van der Waals surface area contributed by atoms with Gasteiger partial charge in [-0.1, -0.05) is 54.6 Å². The Morgan fingerprint density at radius 3 is 2.42 bits per heavy atom. The quantitative estimate of drug-likeness (QED) is 0.676. The van der Waals surface area contributed by atoms with Crippen molar-refractivity contribution in [2.45, 2.75) is 32.4 Å². The first-order valence-corrected chi connectivity index (χ1v) is 8.80. The SMILES string of the molecule is CC(C)(C(=O)Nc1n[nH]c2c1CNC2)c1ccc(-c2ccccc2)cc1. The number of nitrogens with zero attached hydrogens (tertiary/aromatic N) is 1. The Bertz CT molecular complexity index is 926. The molecule has 0 bridgehead atoms. The summed E-state index contributed by atoms with van der Waals surface area (Å²) in [6, 6.07) is 18.4. The number of aromatic amines is 1. The first-order chi connectivity index (χ1) is 12.6. The number of hydrogen-bond donors (Lipinski definition) is 3. The minimum Gasteiger partial charge on any atom is -0.308 e. The van der Waals surface area contributed by atoms with Crippen LogP contribution in [0.5, 0.6) is 0 Å². The van der Waals surface area contributed by atoms with Crippen molar-refractivity contribution < 1.29 is 4.79 Å². The highest BCUT2D eigenvalue weighted by Crippen LogP contribution is 2.29. The summed E-state index contributed by atoms with van der Waals surface area (Å²) in [7, 11) is 0. The van der Waals surface area contributed by atoms with Crippen LogP contribution in [0, 0.1) is 0 Å². The third-order valence-electron chi connectivity index (χ3n) is 5.07. The zero-order chi connectivity index (χ0) is 18.1. The second-order valence-electron chi connectivity index (χ2n) is 7.16. The topological polar surface area (TPSA) is 69.8 Å². The van der Waals surface area contributed by atoms with Crippen molar-refractivity contribution in [2.24, 2.45) is 0 Å². The van der Waals surface area contributed by atoms with Gasteiger partial charge < -0.3 is 10.6 Å². The van der Waals surface area contributed by atoms with Gasteiger partial charge in [0.2, 0.25) is 5.91 Å². The summed E-state index contributed by atoms with van der Waals surface area (Å²) in [4.78, 5) is 12.9. The third-order valence-corrected chi connectivity index (χ3v) is 5.07. The summed E-state index contributed by atoms with van der Waals surface area (Å²) in [6.45, 7) is 5.37. The standard InChI is InChI=1S/C21H22N4O/c1-21(2,20(26)23-19-17-12-22-13-18(17)24-25-19)16-10-8-15(9-11-16)14-6-4-3-5-7-14/h3-11,22H,12-13H2,1-2H3,(H2,23,24,25,26). The fraction of sp³-hybridized carbons (Fsp3) is 0.238. The Kier molecular flexibility index (Phi) is 4.09. The molecule has 0 saturated heterocycles. The van der Waals surface area contributed by atoms with E-state index in [0.717, 1.165) is 35.5 Å². The maximum Gasteiger partial charge on any atom is 0.235 e. The van der Waals surface area contributed by atoms with E-state index in [0.29, 0.717) is 5.82 Å². The number of hydrogen-bond acceptors (Lipinski definition) is 3. The number of carbonyl (C=O) groups is 1. The molecule has 0 spiro atoms. The molecule has 0 saturated carbocycles. The second kappa shape index (κ2) is 6.42. The van der Waals surface area contributed by atoms with Crippen LogP contribution in [0.1, 0.15) is 30.7 Å². The average molecular weight is 346 g/mol. The Labute approximate surface area is 152 Å². The second-order valence-corrected chi connectivity index (χ2v) is 7.16. The van der Waals surface area contributed by atoms with Crippen molar-refractivity contribution in [3.8, 4) is 11.1 Å². The van der Waals surface area contributed by atoms with E-state index in [4.69, 9.17) is 0 Å². The molecule has 2 aromatic carbocycles. The van der Waals surface area contributed by atoms with Gasteiger partial charge in [-0.15, -0.1) is 0 Å². The lowest BCUT2D eigenvalue weighted by molar-refractivity contribution is -0.120. The molecule has 26 heavy (non-hydrogen) atoms. The van der Waals surface area contributed by atoms with Crippen LogP contribution in [-0.4, -0.2) is 16.1 Å². The fourth-order valence-electron chi connectivity index (χ4n) is 3.26. The maximum atomic E-state index is 12.9. The van der Waals surface area contributed by atoms with Crippen LogP contribution in [0.4, 0.5) is 5.82 Å². The minimum atomic E-state index is -0.660. The number of H-pyrrole nitrogens is 1. The fourth-order valence-corrected chi connectivity index (χ4v) is 3.26. The minimum absolute atomic E-state index is 0.0637. The highest BCUT2D eigenvalue weighted by Gasteiger charge is 2.31. The molecule has 5 heteroatoms. The molecule has 1 aromatic heterocycles. The Morgan fingerprint density at radius 1 is 1.00 bits per heavy atom. The largest absolute Gasteiger partial charge is 0.308 e. The number of benzene rings is 2. The lowest BCUT2D eigenvalue weighted by atomic mass is 9.83. The average Bonchev–Trinajstić information content (AvgIpc) is 3.27. The van der Waals surface area contributed by atoms with E-state index in [9.17, 15) is 4.79 Å². The van der Waals surface area contributed by atoms with Gasteiger partial charge >= 0.3 is 0 Å². The first kappa shape index (κ1) is 16.5. The number of fused-ring (bicyclic) bond motifs is 1. The Morgan fingerprint density at radius 2 is 1.69 bits per heavy atom. The van der Waals surface area contributed by atoms with E-state index in [1.807, 2.05) is 44.2 Å². The summed E-state index contributed by atoms with van der Waals surface area (Å²) in [5.41, 5.74) is 4.72. The third kappa shape index (κ3) is 2.91. The Balaban J connectivity index is 1.54. The van der Waals surface area contributed by atoms with Gasteiger partial charge in [0.1, 0.15) is 0 Å². The summed E-state index contributed by atoms with van der Waals surface area (Å²) < 4.78 is 0. The monoisotopic (exact) mass is 346 g/mol. The molecule has 5 nitrogen and oxygen atoms in total. The lowest BCUT2D eigenvalue weighted by Crippen LogP contribution is -2.35. The van der Waals surface area contributed by atoms with Gasteiger partial charge in [0.15, 0.2) is 5.82 Å². The van der Waals surface area contributed by atoms with Gasteiger partial charge in [0.05, 0.1) is 11.1 Å². The number of amides is 1. The van der Waals surface area contributed by atoms with Crippen LogP contribution in [0.2, 0.25) is 0 Å². The lowest BCUT2D eigenvalue weighted by Gasteiger charge is -2.24. The summed E-state index contributed by atoms with van der Waals surface area (Å²) in [5, 5.41) is 13.5. The molecule has 0 atom stereocenters. The predicted octanol–water partition coefficient (Wildman–Crippen LogP) is 3.60. The van der Waals surface area contributed by atoms with Crippen LogP contribution in [0.25, 0.3) is 11.1 Å². The van der Waals surface area contributed by atoms with Gasteiger partial charge in [0, 0.05) is 18.7 Å². The predicted molar refractivity (Wildman–Crippen MR) is 103 cm³/mol. The number of carbonyl (C=O) groups excluding carboxylic acids is 1. The Hall–Kier alpha value is -2.92. The normalized spacial score (nSPS) is 13.5. The number of aromatic nitrogens is 2. The van der Waals surface area contributed by atoms with Gasteiger partial charge in [-0.05, 0) is 30.5 Å². The zero-order valence-electron chi connectivity index (χ0n) is 15.0. The highest BCUT2D eigenvalue weighted by atomic mass is 16.2. The molecule has 2 heterocycles. The molecule has 3 N–H and O–H groups in total. The molecular weight excluding hydrogens is 324 g/mol. The molecule has 0 fully saturated rings. The van der Waals surface area contributed by atoms with E-state index in [2.05, 4.69) is 45.1 Å². The van der Waals surface area contributed by atoms with Gasteiger partial charge in [-0.2, -0.15) is 5.10 Å². The number of rotatable bonds is 4. The first-order valence-electron chi connectivity index (χ1n) is 8.80. The van der Waals surface area contributed by atoms with Crippen LogP contribution in [-0.2, 0) is 23.3 Å². The van der Waals surface area contributed by atoms with Crippen LogP contribution in [0.15, 0.2) is 54.6 Å². The summed E-state index contributed by atoms with van der Waals surface area (Å²) in [6.07, 6.45) is 0. The van der Waals surface area contributed by atoms with E-state index >= 15 is 0 Å². The number of nitrogens with one attached hydrogen (secondary N) is 3.